The van der Waals surface area contributed by atoms with Crippen molar-refractivity contribution in [2.45, 2.75) is 32.6 Å². The first-order valence-electron chi connectivity index (χ1n) is 12.1. The normalized spacial score (nSPS) is 13.5. The molecule has 1 amide bonds. The second-order valence-corrected chi connectivity index (χ2v) is 10.3. The minimum absolute atomic E-state index is 0.0627. The van der Waals surface area contributed by atoms with Gasteiger partial charge in [-0.3, -0.25) is 4.79 Å². The summed E-state index contributed by atoms with van der Waals surface area (Å²) in [5.74, 6) is 0.0478. The van der Waals surface area contributed by atoms with E-state index in [9.17, 15) is 10.1 Å². The summed E-state index contributed by atoms with van der Waals surface area (Å²) < 4.78 is 0.746. The first kappa shape index (κ1) is 24.1. The Morgan fingerprint density at radius 1 is 1.14 bits per heavy atom. The van der Waals surface area contributed by atoms with Gasteiger partial charge < -0.3 is 16.0 Å². The van der Waals surface area contributed by atoms with E-state index in [1.54, 1.807) is 12.1 Å². The van der Waals surface area contributed by atoms with Crippen LogP contribution in [-0.4, -0.2) is 28.9 Å². The molecule has 36 heavy (non-hydrogen) atoms. The monoisotopic (exact) mass is 515 g/mol. The second-order valence-electron chi connectivity index (χ2n) is 8.88. The number of halogens is 1. The number of piperidine rings is 1. The first-order valence-corrected chi connectivity index (χ1v) is 13.3. The molecule has 3 heterocycles. The van der Waals surface area contributed by atoms with E-state index in [-0.39, 0.29) is 11.7 Å². The molecule has 6 nitrogen and oxygen atoms in total. The Bertz CT molecular complexity index is 1470. The van der Waals surface area contributed by atoms with Crippen molar-refractivity contribution in [3.63, 3.8) is 0 Å². The third-order valence-corrected chi connectivity index (χ3v) is 7.93. The number of carbonyl (C=O) groups excluding carboxylic acids is 1. The number of nitrogens with zero attached hydrogens (tertiary/aromatic N) is 3. The number of benzene rings is 2. The first-order chi connectivity index (χ1) is 17.5. The SMILES string of the molecule is CCc1ccc(Nc2sc3c(-c4ccc(Cl)cc4)c(C#N)c(N)nc3c2C(=O)N2CCCCC2)cc1. The molecule has 1 saturated heterocycles. The Morgan fingerprint density at radius 3 is 2.47 bits per heavy atom. The number of anilines is 3. The zero-order valence-corrected chi connectivity index (χ0v) is 21.5. The minimum atomic E-state index is -0.0627. The number of fused-ring (bicyclic) bond motifs is 1. The van der Waals surface area contributed by atoms with Crippen molar-refractivity contribution in [1.29, 1.82) is 5.26 Å². The largest absolute Gasteiger partial charge is 0.383 e. The summed E-state index contributed by atoms with van der Waals surface area (Å²) in [6, 6.07) is 17.7. The van der Waals surface area contributed by atoms with Crippen LogP contribution in [0.1, 0.15) is 47.7 Å². The number of likely N-dealkylation sites (tertiary alicyclic amines) is 1. The molecule has 0 aliphatic carbocycles. The van der Waals surface area contributed by atoms with Crippen LogP contribution < -0.4 is 11.1 Å². The molecule has 1 aliphatic heterocycles. The van der Waals surface area contributed by atoms with Crippen LogP contribution in [0.5, 0.6) is 0 Å². The molecule has 0 atom stereocenters. The van der Waals surface area contributed by atoms with Crippen LogP contribution in [-0.2, 0) is 6.42 Å². The molecule has 0 bridgehead atoms. The van der Waals surface area contributed by atoms with Gasteiger partial charge in [0.2, 0.25) is 0 Å². The molecule has 3 N–H and O–H groups in total. The molecule has 0 spiro atoms. The van der Waals surface area contributed by atoms with Gasteiger partial charge >= 0.3 is 0 Å². The van der Waals surface area contributed by atoms with Gasteiger partial charge in [-0.1, -0.05) is 42.8 Å². The van der Waals surface area contributed by atoms with Crippen molar-refractivity contribution in [2.75, 3.05) is 24.1 Å². The number of hydrogen-bond donors (Lipinski definition) is 2. The van der Waals surface area contributed by atoms with E-state index in [0.29, 0.717) is 32.2 Å². The smallest absolute Gasteiger partial charge is 0.259 e. The van der Waals surface area contributed by atoms with Crippen LogP contribution in [0, 0.1) is 11.3 Å². The Morgan fingerprint density at radius 2 is 1.83 bits per heavy atom. The van der Waals surface area contributed by atoms with Gasteiger partial charge in [0.25, 0.3) is 5.91 Å². The summed E-state index contributed by atoms with van der Waals surface area (Å²) in [5.41, 5.74) is 11.2. The van der Waals surface area contributed by atoms with Crippen molar-refractivity contribution in [3.8, 4) is 17.2 Å². The van der Waals surface area contributed by atoms with Crippen molar-refractivity contribution in [2.24, 2.45) is 0 Å². The van der Waals surface area contributed by atoms with Gasteiger partial charge in [0.15, 0.2) is 0 Å². The highest BCUT2D eigenvalue weighted by molar-refractivity contribution is 7.24. The quantitative estimate of drug-likeness (QED) is 0.298. The number of aromatic nitrogens is 1. The van der Waals surface area contributed by atoms with E-state index in [4.69, 9.17) is 17.3 Å². The maximum absolute atomic E-state index is 13.9. The average molecular weight is 516 g/mol. The number of nitrogens with two attached hydrogens (primary N) is 1. The fourth-order valence-corrected chi connectivity index (χ4v) is 5.97. The summed E-state index contributed by atoms with van der Waals surface area (Å²) in [4.78, 5) is 20.4. The fourth-order valence-electron chi connectivity index (χ4n) is 4.62. The van der Waals surface area contributed by atoms with E-state index in [1.165, 1.54) is 16.9 Å². The van der Waals surface area contributed by atoms with E-state index in [0.717, 1.165) is 54.7 Å². The lowest BCUT2D eigenvalue weighted by Gasteiger charge is -2.27. The van der Waals surface area contributed by atoms with Crippen molar-refractivity contribution in [1.82, 2.24) is 9.88 Å². The molecule has 0 radical (unpaired) electrons. The lowest BCUT2D eigenvalue weighted by molar-refractivity contribution is 0.0727. The summed E-state index contributed by atoms with van der Waals surface area (Å²) in [5, 5.41) is 14.7. The molecule has 0 unspecified atom stereocenters. The van der Waals surface area contributed by atoms with Crippen LogP contribution >= 0.6 is 22.9 Å². The molecular formula is C28H26ClN5OS. The maximum Gasteiger partial charge on any atom is 0.259 e. The summed E-state index contributed by atoms with van der Waals surface area (Å²) in [6.07, 6.45) is 4.05. The van der Waals surface area contributed by atoms with Gasteiger partial charge in [0, 0.05) is 29.4 Å². The number of rotatable bonds is 5. The molecular weight excluding hydrogens is 490 g/mol. The highest BCUT2D eigenvalue weighted by Crippen LogP contribution is 2.45. The topological polar surface area (TPSA) is 95.0 Å². The van der Waals surface area contributed by atoms with Gasteiger partial charge in [0.05, 0.1) is 10.2 Å². The highest BCUT2D eigenvalue weighted by atomic mass is 35.5. The van der Waals surface area contributed by atoms with E-state index >= 15 is 0 Å². The molecule has 8 heteroatoms. The number of nitrogen functional groups attached to an aromatic ring is 1. The summed E-state index contributed by atoms with van der Waals surface area (Å²) in [6.45, 7) is 3.55. The number of pyridine rings is 1. The van der Waals surface area contributed by atoms with E-state index < -0.39 is 0 Å². The van der Waals surface area contributed by atoms with Crippen molar-refractivity contribution < 1.29 is 4.79 Å². The van der Waals surface area contributed by atoms with Crippen LogP contribution in [0.2, 0.25) is 5.02 Å². The molecule has 5 rings (SSSR count). The number of carbonyl (C=O) groups is 1. The molecule has 0 saturated carbocycles. The number of aryl methyl sites for hydroxylation is 1. The van der Waals surface area contributed by atoms with Gasteiger partial charge in [-0.2, -0.15) is 5.26 Å². The second kappa shape index (κ2) is 10.2. The third-order valence-electron chi connectivity index (χ3n) is 6.57. The van der Waals surface area contributed by atoms with E-state index in [1.807, 2.05) is 29.2 Å². The van der Waals surface area contributed by atoms with Crippen LogP contribution in [0.15, 0.2) is 48.5 Å². The minimum Gasteiger partial charge on any atom is -0.383 e. The van der Waals surface area contributed by atoms with Gasteiger partial charge in [-0.05, 0) is 61.1 Å². The number of nitrogens with one attached hydrogen (secondary N) is 1. The zero-order chi connectivity index (χ0) is 25.2. The molecule has 2 aromatic heterocycles. The number of hydrogen-bond acceptors (Lipinski definition) is 6. The van der Waals surface area contributed by atoms with Gasteiger partial charge in [0.1, 0.15) is 28.0 Å². The Balaban J connectivity index is 1.73. The number of thiophene rings is 1. The Hall–Kier alpha value is -3.60. The lowest BCUT2D eigenvalue weighted by atomic mass is 9.99. The summed E-state index contributed by atoms with van der Waals surface area (Å²) >= 11 is 7.56. The molecule has 4 aromatic rings. The Labute approximate surface area is 219 Å². The van der Waals surface area contributed by atoms with Crippen LogP contribution in [0.3, 0.4) is 0 Å². The molecule has 182 valence electrons. The molecule has 1 aliphatic rings. The van der Waals surface area contributed by atoms with Gasteiger partial charge in [-0.15, -0.1) is 11.3 Å². The third kappa shape index (κ3) is 4.50. The predicted molar refractivity (Wildman–Crippen MR) is 148 cm³/mol. The maximum atomic E-state index is 13.9. The van der Waals surface area contributed by atoms with Crippen LogP contribution in [0.25, 0.3) is 21.3 Å². The lowest BCUT2D eigenvalue weighted by Crippen LogP contribution is -2.35. The Kier molecular flexibility index (Phi) is 6.82. The average Bonchev–Trinajstić information content (AvgIpc) is 3.26. The predicted octanol–water partition coefficient (Wildman–Crippen LogP) is 7.00. The number of nitriles is 1. The van der Waals surface area contributed by atoms with Crippen LogP contribution in [0.4, 0.5) is 16.5 Å². The summed E-state index contributed by atoms with van der Waals surface area (Å²) in [7, 11) is 0. The number of amides is 1. The zero-order valence-electron chi connectivity index (χ0n) is 20.0. The molecule has 2 aromatic carbocycles. The van der Waals surface area contributed by atoms with Gasteiger partial charge in [-0.25, -0.2) is 4.98 Å². The van der Waals surface area contributed by atoms with E-state index in [2.05, 4.69) is 35.4 Å². The van der Waals surface area contributed by atoms with Crippen molar-refractivity contribution in [3.05, 3.63) is 70.2 Å². The standard InChI is InChI=1S/C28H26ClN5OS/c1-2-17-6-12-20(13-7-17)32-27-23(28(35)34-14-4-3-5-15-34)24-25(36-27)22(21(16-30)26(31)33-24)18-8-10-19(29)11-9-18/h6-13,32H,2-5,14-15H2,1H3,(H2,31,33). The van der Waals surface area contributed by atoms with Crippen molar-refractivity contribution >= 4 is 55.6 Å². The fraction of sp³-hybridized carbons (Fsp3) is 0.250. The highest BCUT2D eigenvalue weighted by Gasteiger charge is 2.29. The molecule has 1 fully saturated rings.